The molecular formula is C38H44F2N8O2. The summed E-state index contributed by atoms with van der Waals surface area (Å²) in [4.78, 5) is 38.5. The lowest BCUT2D eigenvalue weighted by atomic mass is 10.0. The molecule has 3 aromatic carbocycles. The van der Waals surface area contributed by atoms with E-state index in [9.17, 15) is 18.4 Å². The fourth-order valence-corrected chi connectivity index (χ4v) is 6.60. The number of nitrogens with two attached hydrogens (primary N) is 2. The van der Waals surface area contributed by atoms with Gasteiger partial charge in [0.2, 0.25) is 0 Å². The summed E-state index contributed by atoms with van der Waals surface area (Å²) in [6.07, 6.45) is 5.11. The Balaban J connectivity index is 1.19. The lowest BCUT2D eigenvalue weighted by molar-refractivity contribution is 0.0622. The lowest BCUT2D eigenvalue weighted by Gasteiger charge is -2.35. The van der Waals surface area contributed by atoms with Crippen LogP contribution in [0.1, 0.15) is 47.2 Å². The molecule has 262 valence electrons. The van der Waals surface area contributed by atoms with E-state index < -0.39 is 17.3 Å². The van der Waals surface area contributed by atoms with Crippen LogP contribution >= 0.6 is 0 Å². The van der Waals surface area contributed by atoms with Crippen molar-refractivity contribution in [3.8, 4) is 16.9 Å². The maximum atomic E-state index is 14.0. The number of fused-ring (bicyclic) bond motifs is 1. The van der Waals surface area contributed by atoms with Crippen LogP contribution in [0.15, 0.2) is 83.8 Å². The van der Waals surface area contributed by atoms with Gasteiger partial charge in [0, 0.05) is 48.0 Å². The molecule has 5 aromatic rings. The number of nitrogens with one attached hydrogen (secondary N) is 2. The number of halogens is 2. The fourth-order valence-electron chi connectivity index (χ4n) is 6.60. The number of aromatic amines is 1. The van der Waals surface area contributed by atoms with Crippen LogP contribution in [0, 0.1) is 11.6 Å². The van der Waals surface area contributed by atoms with Crippen molar-refractivity contribution in [2.24, 2.45) is 11.5 Å². The van der Waals surface area contributed by atoms with Gasteiger partial charge < -0.3 is 26.7 Å². The number of piperidine rings is 1. The van der Waals surface area contributed by atoms with Gasteiger partial charge in [-0.3, -0.25) is 14.3 Å². The first-order chi connectivity index (χ1) is 24.3. The van der Waals surface area contributed by atoms with Gasteiger partial charge in [-0.1, -0.05) is 24.3 Å². The first-order valence-corrected chi connectivity index (χ1v) is 17.2. The highest BCUT2D eigenvalue weighted by molar-refractivity contribution is 5.95. The second-order valence-electron chi connectivity index (χ2n) is 12.9. The third-order valence-corrected chi connectivity index (χ3v) is 9.21. The van der Waals surface area contributed by atoms with E-state index in [0.29, 0.717) is 35.6 Å². The van der Waals surface area contributed by atoms with Crippen molar-refractivity contribution in [3.05, 3.63) is 118 Å². The normalized spacial score (nSPS) is 13.7. The average molecular weight is 683 g/mol. The van der Waals surface area contributed by atoms with E-state index in [0.717, 1.165) is 86.7 Å². The van der Waals surface area contributed by atoms with Crippen molar-refractivity contribution < 1.29 is 13.6 Å². The summed E-state index contributed by atoms with van der Waals surface area (Å²) in [7, 11) is 0. The van der Waals surface area contributed by atoms with Gasteiger partial charge in [0.15, 0.2) is 0 Å². The highest BCUT2D eigenvalue weighted by Gasteiger charge is 2.27. The van der Waals surface area contributed by atoms with E-state index in [4.69, 9.17) is 11.5 Å². The number of H-pyrrole nitrogens is 1. The Hall–Kier alpha value is -4.75. The standard InChI is InChI=1S/C38H44F2N8O2/c39-31-19-27(20-32(40)22-31)24-47(34-11-15-43-16-12-34)37(49)29-7-5-28(6-8-29)35-21-30-25-48(38(50)45-36(30)44-35)33-9-3-26(4-10-33)23-46(17-1-13-41)18-2-14-42/h3-10,19-22,25,34,43H,1-2,11-18,23-24,41-42H2,(H,44,45,50). The molecule has 12 heteroatoms. The molecule has 0 saturated carbocycles. The monoisotopic (exact) mass is 682 g/mol. The van der Waals surface area contributed by atoms with E-state index in [1.165, 1.54) is 16.7 Å². The molecule has 1 saturated heterocycles. The minimum absolute atomic E-state index is 0.0592. The molecule has 1 aliphatic rings. The predicted molar refractivity (Wildman–Crippen MR) is 192 cm³/mol. The van der Waals surface area contributed by atoms with Gasteiger partial charge in [-0.25, -0.2) is 13.6 Å². The van der Waals surface area contributed by atoms with Gasteiger partial charge in [0.05, 0.1) is 5.69 Å². The van der Waals surface area contributed by atoms with E-state index in [2.05, 4.69) is 20.2 Å². The third kappa shape index (κ3) is 8.51. The molecule has 2 aromatic heterocycles. The molecule has 1 aliphatic heterocycles. The Kier molecular flexibility index (Phi) is 11.4. The maximum absolute atomic E-state index is 14.0. The summed E-state index contributed by atoms with van der Waals surface area (Å²) in [5.74, 6) is -1.54. The van der Waals surface area contributed by atoms with E-state index in [1.807, 2.05) is 42.5 Å². The van der Waals surface area contributed by atoms with Crippen LogP contribution in [0.4, 0.5) is 8.78 Å². The third-order valence-electron chi connectivity index (χ3n) is 9.21. The first-order valence-electron chi connectivity index (χ1n) is 17.2. The number of carbonyl (C=O) groups excluding carboxylic acids is 1. The number of nitrogens with zero attached hydrogens (tertiary/aromatic N) is 4. The van der Waals surface area contributed by atoms with Gasteiger partial charge in [0.1, 0.15) is 17.3 Å². The van der Waals surface area contributed by atoms with Gasteiger partial charge in [-0.2, -0.15) is 4.98 Å². The quantitative estimate of drug-likeness (QED) is 0.135. The zero-order valence-electron chi connectivity index (χ0n) is 28.1. The van der Waals surface area contributed by atoms with Gasteiger partial charge in [-0.05, 0) is 124 Å². The molecule has 0 radical (unpaired) electrons. The smallest absolute Gasteiger partial charge is 0.339 e. The summed E-state index contributed by atoms with van der Waals surface area (Å²) in [5.41, 5.74) is 15.8. The summed E-state index contributed by atoms with van der Waals surface area (Å²) >= 11 is 0. The van der Waals surface area contributed by atoms with Crippen molar-refractivity contribution in [3.63, 3.8) is 0 Å². The summed E-state index contributed by atoms with van der Waals surface area (Å²) in [6.45, 7) is 5.51. The molecule has 1 fully saturated rings. The average Bonchev–Trinajstić information content (AvgIpc) is 3.54. The van der Waals surface area contributed by atoms with Crippen LogP contribution < -0.4 is 22.5 Å². The number of amides is 1. The van der Waals surface area contributed by atoms with E-state index in [1.54, 1.807) is 23.2 Å². The highest BCUT2D eigenvalue weighted by Crippen LogP contribution is 2.26. The molecule has 0 aliphatic carbocycles. The molecule has 0 spiro atoms. The van der Waals surface area contributed by atoms with Crippen molar-refractivity contribution in [2.45, 2.75) is 44.8 Å². The van der Waals surface area contributed by atoms with E-state index >= 15 is 0 Å². The SMILES string of the molecule is NCCCN(CCCN)Cc1ccc(-n2cc3cc(-c4ccc(C(=O)N(Cc5cc(F)cc(F)c5)C5CCNCC5)cc4)[nH]c3nc2=O)cc1. The number of hydrogen-bond donors (Lipinski definition) is 4. The minimum atomic E-state index is -0.669. The van der Waals surface area contributed by atoms with Crippen molar-refractivity contribution in [2.75, 3.05) is 39.3 Å². The molecule has 6 N–H and O–H groups in total. The largest absolute Gasteiger partial charge is 0.354 e. The number of aromatic nitrogens is 3. The zero-order valence-corrected chi connectivity index (χ0v) is 28.1. The molecule has 0 unspecified atom stereocenters. The molecule has 0 bridgehead atoms. The minimum Gasteiger partial charge on any atom is -0.339 e. The van der Waals surface area contributed by atoms with Crippen molar-refractivity contribution in [1.29, 1.82) is 0 Å². The molecular weight excluding hydrogens is 638 g/mol. The second-order valence-corrected chi connectivity index (χ2v) is 12.9. The molecule has 1 amide bonds. The van der Waals surface area contributed by atoms with Crippen LogP contribution in [-0.2, 0) is 13.1 Å². The Morgan fingerprint density at radius 2 is 1.52 bits per heavy atom. The zero-order chi connectivity index (χ0) is 35.0. The highest BCUT2D eigenvalue weighted by atomic mass is 19.1. The Labute approximate surface area is 290 Å². The first kappa shape index (κ1) is 35.1. The number of rotatable bonds is 14. The van der Waals surface area contributed by atoms with Gasteiger partial charge >= 0.3 is 5.69 Å². The predicted octanol–water partition coefficient (Wildman–Crippen LogP) is 4.55. The van der Waals surface area contributed by atoms with Gasteiger partial charge in [0.25, 0.3) is 5.91 Å². The molecule has 3 heterocycles. The van der Waals surface area contributed by atoms with Crippen LogP contribution in [0.3, 0.4) is 0 Å². The van der Waals surface area contributed by atoms with Crippen LogP contribution in [0.25, 0.3) is 28.0 Å². The van der Waals surface area contributed by atoms with Gasteiger partial charge in [-0.15, -0.1) is 0 Å². The summed E-state index contributed by atoms with van der Waals surface area (Å²) < 4.78 is 29.5. The summed E-state index contributed by atoms with van der Waals surface area (Å²) in [5, 5.41) is 4.07. The van der Waals surface area contributed by atoms with Crippen LogP contribution in [-0.4, -0.2) is 75.6 Å². The number of benzene rings is 3. The van der Waals surface area contributed by atoms with Crippen molar-refractivity contribution >= 4 is 16.9 Å². The van der Waals surface area contributed by atoms with Crippen LogP contribution in [0.5, 0.6) is 0 Å². The molecule has 6 rings (SSSR count). The molecule has 10 nitrogen and oxygen atoms in total. The second kappa shape index (κ2) is 16.3. The fraction of sp³-hybridized carbons (Fsp3) is 0.342. The molecule has 0 atom stereocenters. The van der Waals surface area contributed by atoms with Crippen LogP contribution in [0.2, 0.25) is 0 Å². The molecule has 50 heavy (non-hydrogen) atoms. The lowest BCUT2D eigenvalue weighted by Crippen LogP contribution is -2.45. The Bertz CT molecular complexity index is 1920. The Morgan fingerprint density at radius 1 is 0.860 bits per heavy atom. The van der Waals surface area contributed by atoms with Crippen molar-refractivity contribution in [1.82, 2.24) is 29.7 Å². The summed E-state index contributed by atoms with van der Waals surface area (Å²) in [6, 6.07) is 20.3. The topological polar surface area (TPSA) is 138 Å². The number of carbonyl (C=O) groups is 1. The van der Waals surface area contributed by atoms with E-state index in [-0.39, 0.29) is 18.5 Å². The maximum Gasteiger partial charge on any atom is 0.354 e. The number of hydrogen-bond acceptors (Lipinski definition) is 7. The Morgan fingerprint density at radius 3 is 2.16 bits per heavy atom.